The van der Waals surface area contributed by atoms with E-state index in [0.29, 0.717) is 0 Å². The third-order valence-corrected chi connectivity index (χ3v) is 4.26. The molecule has 3 heteroatoms. The molecule has 0 spiro atoms. The van der Waals surface area contributed by atoms with Gasteiger partial charge >= 0.3 is 0 Å². The van der Waals surface area contributed by atoms with E-state index in [1.165, 1.54) is 11.1 Å². The molecule has 0 saturated carbocycles. The van der Waals surface area contributed by atoms with Crippen LogP contribution in [0, 0.1) is 0 Å². The predicted octanol–water partition coefficient (Wildman–Crippen LogP) is 3.95. The minimum absolute atomic E-state index is 0.0578. The Kier molecular flexibility index (Phi) is 3.54. The second kappa shape index (κ2) is 5.32. The van der Waals surface area contributed by atoms with Crippen LogP contribution in [0.1, 0.15) is 22.6 Å². The zero-order valence-electron chi connectivity index (χ0n) is 10.4. The molecule has 19 heavy (non-hydrogen) atoms. The lowest BCUT2D eigenvalue weighted by atomic mass is 9.88. The molecule has 1 N–H and O–H groups in total. The summed E-state index contributed by atoms with van der Waals surface area (Å²) in [4.78, 5) is 0.859. The van der Waals surface area contributed by atoms with Crippen LogP contribution in [0.15, 0.2) is 48.5 Å². The van der Waals surface area contributed by atoms with Crippen LogP contribution < -0.4 is 5.32 Å². The third kappa shape index (κ3) is 2.38. The fourth-order valence-electron chi connectivity index (χ4n) is 2.63. The molecule has 0 aromatic heterocycles. The second-order valence-corrected chi connectivity index (χ2v) is 5.54. The Morgan fingerprint density at radius 3 is 2.47 bits per heavy atom. The summed E-state index contributed by atoms with van der Waals surface area (Å²) in [5, 5.41) is 4.11. The largest absolute Gasteiger partial charge is 0.379 e. The van der Waals surface area contributed by atoms with Crippen molar-refractivity contribution >= 4 is 28.8 Å². The maximum Gasteiger partial charge on any atom is 0.0874 e. The lowest BCUT2D eigenvalue weighted by Gasteiger charge is -2.20. The van der Waals surface area contributed by atoms with E-state index < -0.39 is 0 Å². The molecule has 0 bridgehead atoms. The average Bonchev–Trinajstić information content (AvgIpc) is 2.58. The number of hydrogen-bond acceptors (Lipinski definition) is 1. The Balaban J connectivity index is 2.18. The first-order chi connectivity index (χ1) is 9.27. The molecule has 1 nitrogen and oxygen atoms in total. The van der Waals surface area contributed by atoms with E-state index in [-0.39, 0.29) is 5.92 Å². The fraction of sp³-hybridized carbons (Fsp3) is 0.188. The van der Waals surface area contributed by atoms with Crippen LogP contribution in [0.2, 0.25) is 5.02 Å². The van der Waals surface area contributed by atoms with Crippen molar-refractivity contribution in [3.8, 4) is 0 Å². The summed E-state index contributed by atoms with van der Waals surface area (Å²) in [5.41, 5.74) is 3.70. The van der Waals surface area contributed by atoms with Gasteiger partial charge in [0.1, 0.15) is 0 Å². The first kappa shape index (κ1) is 12.6. The van der Waals surface area contributed by atoms with Crippen LogP contribution in [0.3, 0.4) is 0 Å². The number of nitrogens with one attached hydrogen (secondary N) is 1. The predicted molar refractivity (Wildman–Crippen MR) is 84.0 cm³/mol. The van der Waals surface area contributed by atoms with Gasteiger partial charge in [0.25, 0.3) is 0 Å². The van der Waals surface area contributed by atoms with Gasteiger partial charge in [-0.2, -0.15) is 0 Å². The van der Waals surface area contributed by atoms with Crippen molar-refractivity contribution in [2.45, 2.75) is 12.3 Å². The molecule has 2 aromatic carbocycles. The van der Waals surface area contributed by atoms with Gasteiger partial charge in [0.05, 0.1) is 10.9 Å². The van der Waals surface area contributed by atoms with Crippen molar-refractivity contribution in [2.75, 3.05) is 6.54 Å². The van der Waals surface area contributed by atoms with E-state index in [1.54, 1.807) is 0 Å². The summed E-state index contributed by atoms with van der Waals surface area (Å²) >= 11 is 11.9. The average molecular weight is 288 g/mol. The van der Waals surface area contributed by atoms with Gasteiger partial charge in [-0.25, -0.2) is 0 Å². The molecule has 1 aliphatic rings. The van der Waals surface area contributed by atoms with Crippen LogP contribution in [-0.4, -0.2) is 11.5 Å². The molecule has 1 heterocycles. The minimum atomic E-state index is 0.0578. The van der Waals surface area contributed by atoms with Crippen molar-refractivity contribution in [2.24, 2.45) is 0 Å². The van der Waals surface area contributed by atoms with E-state index in [1.807, 2.05) is 18.2 Å². The van der Waals surface area contributed by atoms with E-state index in [0.717, 1.165) is 28.5 Å². The molecule has 0 saturated heterocycles. The Morgan fingerprint density at radius 1 is 1.00 bits per heavy atom. The highest BCUT2D eigenvalue weighted by Gasteiger charge is 2.25. The van der Waals surface area contributed by atoms with E-state index in [2.05, 4.69) is 35.6 Å². The van der Waals surface area contributed by atoms with Gasteiger partial charge in [0.15, 0.2) is 0 Å². The van der Waals surface area contributed by atoms with Crippen molar-refractivity contribution in [3.05, 3.63) is 70.2 Å². The van der Waals surface area contributed by atoms with Gasteiger partial charge in [0.2, 0.25) is 0 Å². The SMILES string of the molecule is S=C1NCCc2ccccc2[C@@H]1c1ccccc1Cl. The highest BCUT2D eigenvalue weighted by Crippen LogP contribution is 2.34. The van der Waals surface area contributed by atoms with Crippen LogP contribution in [-0.2, 0) is 6.42 Å². The summed E-state index contributed by atoms with van der Waals surface area (Å²) in [6, 6.07) is 16.4. The zero-order chi connectivity index (χ0) is 13.2. The zero-order valence-corrected chi connectivity index (χ0v) is 12.0. The molecule has 0 radical (unpaired) electrons. The summed E-state index contributed by atoms with van der Waals surface area (Å²) in [7, 11) is 0. The van der Waals surface area contributed by atoms with Crippen molar-refractivity contribution in [1.82, 2.24) is 5.32 Å². The van der Waals surface area contributed by atoms with Crippen LogP contribution >= 0.6 is 23.8 Å². The molecule has 1 aliphatic heterocycles. The molecule has 0 aliphatic carbocycles. The molecule has 2 aromatic rings. The lowest BCUT2D eigenvalue weighted by Crippen LogP contribution is -2.27. The summed E-state index contributed by atoms with van der Waals surface area (Å²) in [6.45, 7) is 0.886. The monoisotopic (exact) mass is 287 g/mol. The molecular weight excluding hydrogens is 274 g/mol. The van der Waals surface area contributed by atoms with Gasteiger partial charge in [-0.1, -0.05) is 66.3 Å². The third-order valence-electron chi connectivity index (χ3n) is 3.54. The first-order valence-corrected chi connectivity index (χ1v) is 7.16. The molecule has 0 unspecified atom stereocenters. The Morgan fingerprint density at radius 2 is 1.68 bits per heavy atom. The van der Waals surface area contributed by atoms with Crippen LogP contribution in [0.25, 0.3) is 0 Å². The number of benzene rings is 2. The number of fused-ring (bicyclic) bond motifs is 1. The first-order valence-electron chi connectivity index (χ1n) is 6.37. The summed E-state index contributed by atoms with van der Waals surface area (Å²) in [6.07, 6.45) is 0.997. The summed E-state index contributed by atoms with van der Waals surface area (Å²) < 4.78 is 0. The maximum atomic E-state index is 6.36. The topological polar surface area (TPSA) is 12.0 Å². The molecule has 3 rings (SSSR count). The number of halogens is 1. The molecule has 96 valence electrons. The van der Waals surface area contributed by atoms with Gasteiger partial charge in [0, 0.05) is 11.6 Å². The maximum absolute atomic E-state index is 6.36. The fourth-order valence-corrected chi connectivity index (χ4v) is 3.23. The van der Waals surface area contributed by atoms with Gasteiger partial charge in [-0.05, 0) is 29.2 Å². The van der Waals surface area contributed by atoms with Crippen molar-refractivity contribution in [1.29, 1.82) is 0 Å². The molecule has 1 atom stereocenters. The van der Waals surface area contributed by atoms with Gasteiger partial charge in [-0.3, -0.25) is 0 Å². The minimum Gasteiger partial charge on any atom is -0.379 e. The molecular formula is C16H14ClNS. The van der Waals surface area contributed by atoms with Crippen molar-refractivity contribution < 1.29 is 0 Å². The number of hydrogen-bond donors (Lipinski definition) is 1. The number of thiocarbonyl (C=S) groups is 1. The van der Waals surface area contributed by atoms with Crippen LogP contribution in [0.4, 0.5) is 0 Å². The lowest BCUT2D eigenvalue weighted by molar-refractivity contribution is 0.882. The Hall–Kier alpha value is -1.38. The normalized spacial score (nSPS) is 18.4. The Labute approximate surface area is 123 Å². The van der Waals surface area contributed by atoms with E-state index in [9.17, 15) is 0 Å². The Bertz CT molecular complexity index is 624. The van der Waals surface area contributed by atoms with Gasteiger partial charge in [-0.15, -0.1) is 0 Å². The highest BCUT2D eigenvalue weighted by molar-refractivity contribution is 7.80. The standard InChI is InChI=1S/C16H14ClNS/c17-14-8-4-3-7-13(14)15-12-6-2-1-5-11(12)9-10-18-16(15)19/h1-8,15H,9-10H2,(H,18,19)/t15-/m1/s1. The van der Waals surface area contributed by atoms with Gasteiger partial charge < -0.3 is 5.32 Å². The summed E-state index contributed by atoms with van der Waals surface area (Å²) in [5.74, 6) is 0.0578. The van der Waals surface area contributed by atoms with E-state index in [4.69, 9.17) is 23.8 Å². The van der Waals surface area contributed by atoms with Crippen LogP contribution in [0.5, 0.6) is 0 Å². The second-order valence-electron chi connectivity index (χ2n) is 4.69. The smallest absolute Gasteiger partial charge is 0.0874 e. The molecule has 0 amide bonds. The van der Waals surface area contributed by atoms with E-state index >= 15 is 0 Å². The molecule has 0 fully saturated rings. The van der Waals surface area contributed by atoms with Crippen molar-refractivity contribution in [3.63, 3.8) is 0 Å². The number of rotatable bonds is 1. The highest BCUT2D eigenvalue weighted by atomic mass is 35.5. The quantitative estimate of drug-likeness (QED) is 0.797.